The summed E-state index contributed by atoms with van der Waals surface area (Å²) < 4.78 is 55.4. The monoisotopic (exact) mass is 397 g/mol. The molecule has 0 saturated heterocycles. The van der Waals surface area contributed by atoms with Gasteiger partial charge < -0.3 is 10.0 Å². The molecule has 1 amide bonds. The van der Waals surface area contributed by atoms with Crippen LogP contribution in [0.5, 0.6) is 0 Å². The number of hydrogen-bond donors (Lipinski definition) is 1. The van der Waals surface area contributed by atoms with E-state index in [9.17, 15) is 32.3 Å². The van der Waals surface area contributed by atoms with Crippen LogP contribution in [-0.4, -0.2) is 28.4 Å². The van der Waals surface area contributed by atoms with E-state index in [1.165, 1.54) is 24.0 Å². The van der Waals surface area contributed by atoms with E-state index in [1.54, 1.807) is 25.1 Å². The lowest BCUT2D eigenvalue weighted by molar-refractivity contribution is -0.139. The van der Waals surface area contributed by atoms with Crippen molar-refractivity contribution < 1.29 is 32.3 Å². The van der Waals surface area contributed by atoms with E-state index < -0.39 is 41.4 Å². The van der Waals surface area contributed by atoms with Gasteiger partial charge in [0.25, 0.3) is 0 Å². The highest BCUT2D eigenvalue weighted by atomic mass is 19.4. The largest absolute Gasteiger partial charge is 0.481 e. The molecule has 0 aliphatic heterocycles. The summed E-state index contributed by atoms with van der Waals surface area (Å²) in [5.74, 6) is -3.02. The van der Waals surface area contributed by atoms with Gasteiger partial charge in [0.15, 0.2) is 0 Å². The number of aliphatic carboxylic acids is 1. The first-order valence-corrected chi connectivity index (χ1v) is 8.50. The van der Waals surface area contributed by atoms with Crippen molar-refractivity contribution in [2.75, 3.05) is 6.54 Å². The van der Waals surface area contributed by atoms with Gasteiger partial charge in [0.2, 0.25) is 5.91 Å². The smallest absolute Gasteiger partial charge is 0.416 e. The lowest BCUT2D eigenvalue weighted by Crippen LogP contribution is -2.29. The van der Waals surface area contributed by atoms with Gasteiger partial charge >= 0.3 is 12.1 Å². The van der Waals surface area contributed by atoms with Crippen molar-refractivity contribution in [1.29, 1.82) is 0 Å². The fourth-order valence-corrected chi connectivity index (χ4v) is 3.08. The van der Waals surface area contributed by atoms with Crippen molar-refractivity contribution >= 4 is 11.9 Å². The van der Waals surface area contributed by atoms with E-state index in [2.05, 4.69) is 0 Å². The summed E-state index contributed by atoms with van der Waals surface area (Å²) in [6.45, 7) is 2.71. The van der Waals surface area contributed by atoms with Crippen LogP contribution >= 0.6 is 0 Å². The van der Waals surface area contributed by atoms with E-state index in [1.807, 2.05) is 0 Å². The third kappa shape index (κ3) is 4.68. The number of carbonyl (C=O) groups is 2. The second kappa shape index (κ2) is 8.41. The van der Waals surface area contributed by atoms with Crippen molar-refractivity contribution in [2.45, 2.75) is 33.0 Å². The summed E-state index contributed by atoms with van der Waals surface area (Å²) in [6, 6.07) is 8.21. The van der Waals surface area contributed by atoms with Crippen LogP contribution < -0.4 is 0 Å². The third-order valence-electron chi connectivity index (χ3n) is 4.37. The zero-order chi connectivity index (χ0) is 21.1. The Labute approximate surface area is 159 Å². The van der Waals surface area contributed by atoms with Gasteiger partial charge in [-0.3, -0.25) is 9.59 Å². The van der Waals surface area contributed by atoms with E-state index in [4.69, 9.17) is 0 Å². The average Bonchev–Trinajstić information content (AvgIpc) is 2.60. The van der Waals surface area contributed by atoms with Gasteiger partial charge in [0.1, 0.15) is 5.82 Å². The van der Waals surface area contributed by atoms with Crippen molar-refractivity contribution in [1.82, 2.24) is 4.90 Å². The summed E-state index contributed by atoms with van der Waals surface area (Å²) in [6.07, 6.45) is -5.89. The van der Waals surface area contributed by atoms with Crippen LogP contribution in [0.15, 0.2) is 36.4 Å². The minimum Gasteiger partial charge on any atom is -0.481 e. The summed E-state index contributed by atoms with van der Waals surface area (Å²) >= 11 is 0. The number of carboxylic acid groups (broad SMARTS) is 1. The molecular weight excluding hydrogens is 378 g/mol. The molecule has 0 saturated carbocycles. The molecule has 150 valence electrons. The van der Waals surface area contributed by atoms with Gasteiger partial charge in [0, 0.05) is 25.6 Å². The lowest BCUT2D eigenvalue weighted by Gasteiger charge is -2.25. The number of alkyl halides is 3. The molecule has 0 aromatic heterocycles. The zero-order valence-corrected chi connectivity index (χ0v) is 15.3. The number of carbonyl (C=O) groups excluding carboxylic acids is 1. The Morgan fingerprint density at radius 2 is 1.71 bits per heavy atom. The van der Waals surface area contributed by atoms with Gasteiger partial charge in [-0.15, -0.1) is 0 Å². The maximum absolute atomic E-state index is 14.8. The predicted molar refractivity (Wildman–Crippen MR) is 94.9 cm³/mol. The molecule has 4 nitrogen and oxygen atoms in total. The van der Waals surface area contributed by atoms with Crippen molar-refractivity contribution in [3.05, 3.63) is 58.9 Å². The van der Waals surface area contributed by atoms with E-state index >= 15 is 0 Å². The first-order chi connectivity index (χ1) is 13.1. The van der Waals surface area contributed by atoms with E-state index in [0.717, 1.165) is 0 Å². The normalized spacial score (nSPS) is 11.4. The van der Waals surface area contributed by atoms with Gasteiger partial charge in [0.05, 0.1) is 12.0 Å². The van der Waals surface area contributed by atoms with Crippen molar-refractivity contribution in [3.8, 4) is 11.1 Å². The molecule has 0 heterocycles. The zero-order valence-electron chi connectivity index (χ0n) is 15.3. The molecule has 0 bridgehead atoms. The maximum atomic E-state index is 14.8. The molecule has 2 aromatic rings. The highest BCUT2D eigenvalue weighted by Crippen LogP contribution is 2.40. The molecule has 0 unspecified atom stereocenters. The molecule has 8 heteroatoms. The van der Waals surface area contributed by atoms with Crippen LogP contribution in [0, 0.1) is 5.82 Å². The van der Waals surface area contributed by atoms with Crippen LogP contribution in [-0.2, 0) is 28.7 Å². The Balaban J connectivity index is 2.87. The first kappa shape index (κ1) is 21.4. The third-order valence-corrected chi connectivity index (χ3v) is 4.37. The lowest BCUT2D eigenvalue weighted by atomic mass is 9.89. The van der Waals surface area contributed by atoms with Crippen LogP contribution in [0.1, 0.15) is 30.5 Å². The fraction of sp³-hybridized carbons (Fsp3) is 0.300. The number of amides is 1. The standard InChI is InChI=1S/C20H19F4NO3/c1-3-25(12(2)26)11-15-14(9-18(27)28)16(20(22,23)24)10-17(21)19(15)13-7-5-4-6-8-13/h4-8,10H,3,9,11H2,1-2H3,(H,27,28). The molecule has 0 radical (unpaired) electrons. The van der Waals surface area contributed by atoms with Crippen LogP contribution in [0.4, 0.5) is 17.6 Å². The predicted octanol–water partition coefficient (Wildman–Crippen LogP) is 4.51. The second-order valence-electron chi connectivity index (χ2n) is 6.21. The fourth-order valence-electron chi connectivity index (χ4n) is 3.08. The SMILES string of the molecule is CCN(Cc1c(CC(=O)O)c(C(F)(F)F)cc(F)c1-c1ccccc1)C(C)=O. The topological polar surface area (TPSA) is 57.6 Å². The van der Waals surface area contributed by atoms with Gasteiger partial charge in [-0.25, -0.2) is 4.39 Å². The van der Waals surface area contributed by atoms with E-state index in [0.29, 0.717) is 11.6 Å². The van der Waals surface area contributed by atoms with Crippen LogP contribution in [0.2, 0.25) is 0 Å². The Kier molecular flexibility index (Phi) is 6.43. The molecule has 0 aliphatic carbocycles. The molecule has 0 atom stereocenters. The molecule has 28 heavy (non-hydrogen) atoms. The summed E-state index contributed by atoms with van der Waals surface area (Å²) in [5, 5.41) is 9.17. The molecule has 2 aromatic carbocycles. The summed E-state index contributed by atoms with van der Waals surface area (Å²) in [7, 11) is 0. The number of hydrogen-bond acceptors (Lipinski definition) is 2. The Morgan fingerprint density at radius 3 is 2.18 bits per heavy atom. The van der Waals surface area contributed by atoms with Crippen molar-refractivity contribution in [3.63, 3.8) is 0 Å². The molecule has 2 rings (SSSR count). The number of carboxylic acids is 1. The van der Waals surface area contributed by atoms with Gasteiger partial charge in [-0.1, -0.05) is 30.3 Å². The molecule has 0 aliphatic rings. The molecular formula is C20H19F4NO3. The average molecular weight is 397 g/mol. The highest BCUT2D eigenvalue weighted by Gasteiger charge is 2.37. The Hall–Kier alpha value is -2.90. The van der Waals surface area contributed by atoms with Crippen LogP contribution in [0.3, 0.4) is 0 Å². The number of rotatable bonds is 6. The molecule has 1 N–H and O–H groups in total. The Morgan fingerprint density at radius 1 is 1.11 bits per heavy atom. The quantitative estimate of drug-likeness (QED) is 0.730. The molecule has 0 spiro atoms. The summed E-state index contributed by atoms with van der Waals surface area (Å²) in [4.78, 5) is 24.3. The number of halogens is 4. The van der Waals surface area contributed by atoms with E-state index in [-0.39, 0.29) is 24.2 Å². The Bertz CT molecular complexity index is 879. The van der Waals surface area contributed by atoms with Gasteiger partial charge in [-0.05, 0) is 29.7 Å². The van der Waals surface area contributed by atoms with Gasteiger partial charge in [-0.2, -0.15) is 13.2 Å². The minimum absolute atomic E-state index is 0.135. The highest BCUT2D eigenvalue weighted by molar-refractivity contribution is 5.78. The number of benzene rings is 2. The summed E-state index contributed by atoms with van der Waals surface area (Å²) in [5.41, 5.74) is -1.88. The van der Waals surface area contributed by atoms with Crippen molar-refractivity contribution in [2.24, 2.45) is 0 Å². The second-order valence-corrected chi connectivity index (χ2v) is 6.21. The van der Waals surface area contributed by atoms with Crippen LogP contribution in [0.25, 0.3) is 11.1 Å². The molecule has 0 fully saturated rings. The first-order valence-electron chi connectivity index (χ1n) is 8.50. The maximum Gasteiger partial charge on any atom is 0.416 e. The minimum atomic E-state index is -4.94. The number of nitrogens with zero attached hydrogens (tertiary/aromatic N) is 1.